The molecule has 1 amide bonds. The number of amides is 1. The van der Waals surface area contributed by atoms with Gasteiger partial charge in [0.15, 0.2) is 0 Å². The van der Waals surface area contributed by atoms with Crippen LogP contribution in [0.1, 0.15) is 47.0 Å². The Morgan fingerprint density at radius 3 is 2.56 bits per heavy atom. The molecule has 1 rings (SSSR count). The quantitative estimate of drug-likeness (QED) is 0.752. The Bertz CT molecular complexity index is 228. The lowest BCUT2D eigenvalue weighted by molar-refractivity contribution is -0.120. The molecule has 0 radical (unpaired) electrons. The molecule has 3 atom stereocenters. The van der Waals surface area contributed by atoms with Crippen LogP contribution in [0.5, 0.6) is 0 Å². The Hall–Kier alpha value is -0.570. The van der Waals surface area contributed by atoms with E-state index in [1.54, 1.807) is 0 Å². The molecule has 16 heavy (non-hydrogen) atoms. The Labute approximate surface area is 99.4 Å². The van der Waals surface area contributed by atoms with Gasteiger partial charge in [0, 0.05) is 12.1 Å². The summed E-state index contributed by atoms with van der Waals surface area (Å²) in [5, 5.41) is 6.29. The molecule has 0 spiro atoms. The van der Waals surface area contributed by atoms with Crippen LogP contribution in [0.25, 0.3) is 0 Å². The van der Waals surface area contributed by atoms with Crippen LogP contribution in [-0.2, 0) is 4.79 Å². The number of carbonyl (C=O) groups is 1. The standard InChI is InChI=1S/C13H26N2O/c1-5-11-6-7-12(10(11)4)14-8-13(16)15-9(2)3/h9-12,14H,5-8H2,1-4H3,(H,15,16). The Balaban J connectivity index is 2.26. The maximum atomic E-state index is 11.5. The zero-order valence-electron chi connectivity index (χ0n) is 11.0. The van der Waals surface area contributed by atoms with Gasteiger partial charge in [0.05, 0.1) is 6.54 Å². The van der Waals surface area contributed by atoms with Gasteiger partial charge in [-0.3, -0.25) is 4.79 Å². The smallest absolute Gasteiger partial charge is 0.234 e. The van der Waals surface area contributed by atoms with Crippen molar-refractivity contribution in [1.82, 2.24) is 10.6 Å². The summed E-state index contributed by atoms with van der Waals surface area (Å²) in [6, 6.07) is 0.765. The van der Waals surface area contributed by atoms with Crippen molar-refractivity contribution in [3.05, 3.63) is 0 Å². The second kappa shape index (κ2) is 6.24. The van der Waals surface area contributed by atoms with E-state index in [0.29, 0.717) is 18.5 Å². The van der Waals surface area contributed by atoms with E-state index < -0.39 is 0 Å². The van der Waals surface area contributed by atoms with Crippen molar-refractivity contribution in [2.75, 3.05) is 6.54 Å². The first-order valence-corrected chi connectivity index (χ1v) is 6.57. The van der Waals surface area contributed by atoms with Crippen molar-refractivity contribution in [2.24, 2.45) is 11.8 Å². The Kier molecular flexibility index (Phi) is 5.26. The third-order valence-electron chi connectivity index (χ3n) is 3.73. The summed E-state index contributed by atoms with van der Waals surface area (Å²) in [6.07, 6.45) is 3.79. The highest BCUT2D eigenvalue weighted by Gasteiger charge is 2.31. The van der Waals surface area contributed by atoms with Crippen LogP contribution in [0.15, 0.2) is 0 Å². The molecule has 0 saturated heterocycles. The predicted molar refractivity (Wildman–Crippen MR) is 67.2 cm³/mol. The average Bonchev–Trinajstić information content (AvgIpc) is 2.55. The van der Waals surface area contributed by atoms with Gasteiger partial charge in [-0.1, -0.05) is 20.3 Å². The van der Waals surface area contributed by atoms with Gasteiger partial charge < -0.3 is 10.6 Å². The van der Waals surface area contributed by atoms with E-state index in [1.165, 1.54) is 19.3 Å². The Morgan fingerprint density at radius 1 is 1.38 bits per heavy atom. The zero-order chi connectivity index (χ0) is 12.1. The number of hydrogen-bond acceptors (Lipinski definition) is 2. The first-order chi connectivity index (χ1) is 7.54. The van der Waals surface area contributed by atoms with E-state index in [-0.39, 0.29) is 11.9 Å². The van der Waals surface area contributed by atoms with Gasteiger partial charge in [-0.15, -0.1) is 0 Å². The number of rotatable bonds is 5. The molecular formula is C13H26N2O. The van der Waals surface area contributed by atoms with Gasteiger partial charge in [0.25, 0.3) is 0 Å². The van der Waals surface area contributed by atoms with Crippen LogP contribution >= 0.6 is 0 Å². The molecule has 0 aromatic rings. The summed E-state index contributed by atoms with van der Waals surface area (Å²) >= 11 is 0. The minimum absolute atomic E-state index is 0.113. The van der Waals surface area contributed by atoms with Crippen molar-refractivity contribution >= 4 is 5.91 Å². The topological polar surface area (TPSA) is 41.1 Å². The van der Waals surface area contributed by atoms with E-state index in [1.807, 2.05) is 13.8 Å². The highest BCUT2D eigenvalue weighted by Crippen LogP contribution is 2.33. The maximum absolute atomic E-state index is 11.5. The highest BCUT2D eigenvalue weighted by molar-refractivity contribution is 5.78. The summed E-state index contributed by atoms with van der Waals surface area (Å²) in [6.45, 7) is 9.00. The fourth-order valence-electron chi connectivity index (χ4n) is 2.71. The lowest BCUT2D eigenvalue weighted by atomic mass is 9.93. The molecule has 0 heterocycles. The van der Waals surface area contributed by atoms with E-state index in [2.05, 4.69) is 24.5 Å². The first-order valence-electron chi connectivity index (χ1n) is 6.57. The summed E-state index contributed by atoms with van der Waals surface area (Å²) in [4.78, 5) is 11.5. The molecule has 2 N–H and O–H groups in total. The van der Waals surface area contributed by atoms with Crippen molar-refractivity contribution < 1.29 is 4.79 Å². The lowest BCUT2D eigenvalue weighted by Gasteiger charge is -2.21. The fraction of sp³-hybridized carbons (Fsp3) is 0.923. The summed E-state index contributed by atoms with van der Waals surface area (Å²) in [5.41, 5.74) is 0. The molecule has 1 aliphatic rings. The maximum Gasteiger partial charge on any atom is 0.234 e. The molecule has 3 nitrogen and oxygen atoms in total. The molecule has 0 aromatic heterocycles. The van der Waals surface area contributed by atoms with Crippen LogP contribution in [0.2, 0.25) is 0 Å². The first kappa shape index (κ1) is 13.5. The lowest BCUT2D eigenvalue weighted by Crippen LogP contribution is -2.42. The van der Waals surface area contributed by atoms with E-state index in [9.17, 15) is 4.79 Å². The normalized spacial score (nSPS) is 29.7. The van der Waals surface area contributed by atoms with Crippen molar-refractivity contribution in [3.8, 4) is 0 Å². The zero-order valence-corrected chi connectivity index (χ0v) is 11.0. The van der Waals surface area contributed by atoms with Gasteiger partial charge in [-0.25, -0.2) is 0 Å². The van der Waals surface area contributed by atoms with Gasteiger partial charge in [-0.05, 0) is 38.5 Å². The summed E-state index contributed by atoms with van der Waals surface area (Å²) < 4.78 is 0. The van der Waals surface area contributed by atoms with Crippen LogP contribution < -0.4 is 10.6 Å². The number of nitrogens with one attached hydrogen (secondary N) is 2. The second-order valence-corrected chi connectivity index (χ2v) is 5.31. The number of hydrogen-bond donors (Lipinski definition) is 2. The van der Waals surface area contributed by atoms with Gasteiger partial charge in [-0.2, -0.15) is 0 Å². The van der Waals surface area contributed by atoms with Gasteiger partial charge >= 0.3 is 0 Å². The van der Waals surface area contributed by atoms with Crippen molar-refractivity contribution in [2.45, 2.75) is 59.0 Å². The molecular weight excluding hydrogens is 200 g/mol. The minimum Gasteiger partial charge on any atom is -0.353 e. The summed E-state index contributed by atoms with van der Waals surface area (Å²) in [7, 11) is 0. The third-order valence-corrected chi connectivity index (χ3v) is 3.73. The Morgan fingerprint density at radius 2 is 2.06 bits per heavy atom. The van der Waals surface area contributed by atoms with Crippen LogP contribution in [-0.4, -0.2) is 24.5 Å². The molecule has 3 heteroatoms. The van der Waals surface area contributed by atoms with E-state index >= 15 is 0 Å². The molecule has 0 bridgehead atoms. The molecule has 1 aliphatic carbocycles. The predicted octanol–water partition coefficient (Wildman–Crippen LogP) is 1.93. The van der Waals surface area contributed by atoms with Crippen LogP contribution in [0.4, 0.5) is 0 Å². The SMILES string of the molecule is CCC1CCC(NCC(=O)NC(C)C)C1C. The van der Waals surface area contributed by atoms with E-state index in [4.69, 9.17) is 0 Å². The van der Waals surface area contributed by atoms with Crippen molar-refractivity contribution in [3.63, 3.8) is 0 Å². The average molecular weight is 226 g/mol. The van der Waals surface area contributed by atoms with Gasteiger partial charge in [0.2, 0.25) is 5.91 Å². The largest absolute Gasteiger partial charge is 0.353 e. The van der Waals surface area contributed by atoms with Crippen molar-refractivity contribution in [1.29, 1.82) is 0 Å². The monoisotopic (exact) mass is 226 g/mol. The minimum atomic E-state index is 0.113. The molecule has 0 aromatic carbocycles. The van der Waals surface area contributed by atoms with E-state index in [0.717, 1.165) is 5.92 Å². The third kappa shape index (κ3) is 3.78. The van der Waals surface area contributed by atoms with Crippen LogP contribution in [0, 0.1) is 11.8 Å². The highest BCUT2D eigenvalue weighted by atomic mass is 16.1. The summed E-state index contributed by atoms with van der Waals surface area (Å²) in [5.74, 6) is 1.66. The fourth-order valence-corrected chi connectivity index (χ4v) is 2.71. The molecule has 94 valence electrons. The molecule has 3 unspecified atom stereocenters. The molecule has 1 fully saturated rings. The molecule has 0 aliphatic heterocycles. The number of carbonyl (C=O) groups excluding carboxylic acids is 1. The van der Waals surface area contributed by atoms with Crippen LogP contribution in [0.3, 0.4) is 0 Å². The second-order valence-electron chi connectivity index (χ2n) is 5.31. The molecule has 1 saturated carbocycles. The van der Waals surface area contributed by atoms with Gasteiger partial charge in [0.1, 0.15) is 0 Å².